The zero-order valence-corrected chi connectivity index (χ0v) is 14.0. The molecule has 130 valence electrons. The Bertz CT molecular complexity index is 922. The summed E-state index contributed by atoms with van der Waals surface area (Å²) in [6.07, 6.45) is 4.86. The minimum Gasteiger partial charge on any atom is -0.472 e. The van der Waals surface area contributed by atoms with Gasteiger partial charge in [-0.05, 0) is 29.8 Å². The number of aromatic nitrogens is 1. The van der Waals surface area contributed by atoms with Crippen LogP contribution in [0, 0.1) is 0 Å². The summed E-state index contributed by atoms with van der Waals surface area (Å²) >= 11 is 0. The number of nitrogens with one attached hydrogen (secondary N) is 1. The second-order valence-electron chi connectivity index (χ2n) is 6.13. The fourth-order valence-electron chi connectivity index (χ4n) is 3.21. The normalized spacial score (nSPS) is 14.2. The largest absolute Gasteiger partial charge is 0.472 e. The van der Waals surface area contributed by atoms with E-state index >= 15 is 0 Å². The number of fused-ring (bicyclic) bond motifs is 1. The van der Waals surface area contributed by atoms with Gasteiger partial charge in [0.1, 0.15) is 5.82 Å². The van der Waals surface area contributed by atoms with Crippen LogP contribution in [0.4, 0.5) is 5.82 Å². The predicted octanol–water partition coefficient (Wildman–Crippen LogP) is 3.40. The summed E-state index contributed by atoms with van der Waals surface area (Å²) in [6, 6.07) is 14.2. The maximum absolute atomic E-state index is 12.8. The molecule has 1 unspecified atom stereocenters. The molecular weight excluding hydrogens is 330 g/mol. The van der Waals surface area contributed by atoms with Crippen LogP contribution in [0.15, 0.2) is 71.7 Å². The van der Waals surface area contributed by atoms with Gasteiger partial charge < -0.3 is 14.6 Å². The van der Waals surface area contributed by atoms with Crippen LogP contribution < -0.4 is 5.32 Å². The van der Waals surface area contributed by atoms with Crippen molar-refractivity contribution in [1.82, 2.24) is 9.88 Å². The molecule has 6 nitrogen and oxygen atoms in total. The first-order valence-electron chi connectivity index (χ1n) is 8.34. The molecular formula is C20H17N3O3. The van der Waals surface area contributed by atoms with E-state index in [9.17, 15) is 9.59 Å². The maximum Gasteiger partial charge on any atom is 0.255 e. The highest BCUT2D eigenvalue weighted by Gasteiger charge is 2.34. The molecule has 1 aliphatic rings. The Morgan fingerprint density at radius 3 is 2.77 bits per heavy atom. The number of hydrogen-bond donors (Lipinski definition) is 1. The molecule has 2 aromatic heterocycles. The van der Waals surface area contributed by atoms with Gasteiger partial charge in [0.05, 0.1) is 25.0 Å². The molecule has 3 aromatic rings. The number of carbonyl (C=O) groups excluding carboxylic acids is 2. The third-order valence-electron chi connectivity index (χ3n) is 4.46. The molecule has 1 N–H and O–H groups in total. The van der Waals surface area contributed by atoms with E-state index in [2.05, 4.69) is 10.3 Å². The Balaban J connectivity index is 1.57. The maximum atomic E-state index is 12.8. The minimum atomic E-state index is -0.405. The number of rotatable bonds is 5. The van der Waals surface area contributed by atoms with Crippen molar-refractivity contribution in [2.24, 2.45) is 0 Å². The summed E-state index contributed by atoms with van der Waals surface area (Å²) in [6.45, 7) is 0.474. The minimum absolute atomic E-state index is 0.0718. The van der Waals surface area contributed by atoms with Gasteiger partial charge in [-0.25, -0.2) is 4.98 Å². The van der Waals surface area contributed by atoms with Gasteiger partial charge >= 0.3 is 0 Å². The number of benzene rings is 1. The van der Waals surface area contributed by atoms with E-state index in [1.54, 1.807) is 47.9 Å². The highest BCUT2D eigenvalue weighted by atomic mass is 16.3. The highest BCUT2D eigenvalue weighted by Crippen LogP contribution is 2.33. The van der Waals surface area contributed by atoms with Crippen molar-refractivity contribution in [1.29, 1.82) is 0 Å². The summed E-state index contributed by atoms with van der Waals surface area (Å²) < 4.78 is 5.19. The third-order valence-corrected chi connectivity index (χ3v) is 4.46. The Morgan fingerprint density at radius 1 is 1.19 bits per heavy atom. The average Bonchev–Trinajstić information content (AvgIpc) is 3.30. The number of anilines is 1. The summed E-state index contributed by atoms with van der Waals surface area (Å²) in [4.78, 5) is 31.2. The van der Waals surface area contributed by atoms with Crippen molar-refractivity contribution >= 4 is 17.6 Å². The van der Waals surface area contributed by atoms with Gasteiger partial charge in [0, 0.05) is 23.9 Å². The first-order valence-corrected chi connectivity index (χ1v) is 8.34. The van der Waals surface area contributed by atoms with E-state index in [1.165, 1.54) is 0 Å². The van der Waals surface area contributed by atoms with Gasteiger partial charge in [-0.3, -0.25) is 9.59 Å². The lowest BCUT2D eigenvalue weighted by Gasteiger charge is -2.26. The lowest BCUT2D eigenvalue weighted by Crippen LogP contribution is -2.32. The molecule has 0 radical (unpaired) electrons. The molecule has 26 heavy (non-hydrogen) atoms. The van der Waals surface area contributed by atoms with E-state index in [-0.39, 0.29) is 18.2 Å². The van der Waals surface area contributed by atoms with E-state index < -0.39 is 6.04 Å². The van der Waals surface area contributed by atoms with Crippen LogP contribution in [-0.4, -0.2) is 21.7 Å². The van der Waals surface area contributed by atoms with Crippen LogP contribution in [0.1, 0.15) is 33.9 Å². The van der Waals surface area contributed by atoms with Gasteiger partial charge in [0.15, 0.2) is 0 Å². The number of nitrogens with zero attached hydrogens (tertiary/aromatic N) is 2. The van der Waals surface area contributed by atoms with Crippen molar-refractivity contribution in [2.75, 3.05) is 5.32 Å². The lowest BCUT2D eigenvalue weighted by molar-refractivity contribution is -0.117. The number of carbonyl (C=O) groups is 2. The van der Waals surface area contributed by atoms with Crippen LogP contribution in [0.2, 0.25) is 0 Å². The van der Waals surface area contributed by atoms with E-state index in [0.29, 0.717) is 17.9 Å². The second-order valence-corrected chi connectivity index (χ2v) is 6.13. The van der Waals surface area contributed by atoms with Crippen LogP contribution >= 0.6 is 0 Å². The van der Waals surface area contributed by atoms with Crippen LogP contribution in [0.5, 0.6) is 0 Å². The molecule has 1 atom stereocenters. The summed E-state index contributed by atoms with van der Waals surface area (Å²) in [7, 11) is 0. The molecule has 6 heteroatoms. The SMILES string of the molecule is O=C(CC(c1ccoc1)N1Cc2ccccc2C1=O)Nc1ccccn1. The van der Waals surface area contributed by atoms with Gasteiger partial charge in [-0.1, -0.05) is 24.3 Å². The first kappa shape index (κ1) is 16.1. The van der Waals surface area contributed by atoms with Gasteiger partial charge in [-0.15, -0.1) is 0 Å². The summed E-state index contributed by atoms with van der Waals surface area (Å²) in [5.74, 6) is 0.204. The van der Waals surface area contributed by atoms with Gasteiger partial charge in [0.25, 0.3) is 5.91 Å². The van der Waals surface area contributed by atoms with Crippen molar-refractivity contribution in [3.8, 4) is 0 Å². The predicted molar refractivity (Wildman–Crippen MR) is 95.2 cm³/mol. The Morgan fingerprint density at radius 2 is 2.04 bits per heavy atom. The van der Waals surface area contributed by atoms with E-state index in [4.69, 9.17) is 4.42 Å². The summed E-state index contributed by atoms with van der Waals surface area (Å²) in [5, 5.41) is 2.78. The van der Waals surface area contributed by atoms with Crippen molar-refractivity contribution in [3.05, 3.63) is 83.9 Å². The topological polar surface area (TPSA) is 75.4 Å². The lowest BCUT2D eigenvalue weighted by atomic mass is 10.0. The fourth-order valence-corrected chi connectivity index (χ4v) is 3.21. The van der Waals surface area contributed by atoms with Crippen molar-refractivity contribution < 1.29 is 14.0 Å². The van der Waals surface area contributed by atoms with Crippen LogP contribution in [-0.2, 0) is 11.3 Å². The van der Waals surface area contributed by atoms with E-state index in [0.717, 1.165) is 11.1 Å². The second kappa shape index (κ2) is 6.84. The number of pyridine rings is 1. The molecule has 3 heterocycles. The van der Waals surface area contributed by atoms with Crippen molar-refractivity contribution in [2.45, 2.75) is 19.0 Å². The molecule has 1 aliphatic heterocycles. The zero-order chi connectivity index (χ0) is 17.9. The van der Waals surface area contributed by atoms with Crippen LogP contribution in [0.3, 0.4) is 0 Å². The zero-order valence-electron chi connectivity index (χ0n) is 14.0. The van der Waals surface area contributed by atoms with Gasteiger partial charge in [0.2, 0.25) is 5.91 Å². The monoisotopic (exact) mass is 347 g/mol. The standard InChI is InChI=1S/C20H17N3O3/c24-19(22-18-7-3-4-9-21-18)11-17(15-8-10-26-13-15)23-12-14-5-1-2-6-16(14)20(23)25/h1-10,13,17H,11-12H2,(H,21,22,24). The van der Waals surface area contributed by atoms with Gasteiger partial charge in [-0.2, -0.15) is 0 Å². The Labute approximate surface area is 150 Å². The molecule has 0 spiro atoms. The fraction of sp³-hybridized carbons (Fsp3) is 0.150. The molecule has 2 amide bonds. The summed E-state index contributed by atoms with van der Waals surface area (Å²) in [5.41, 5.74) is 2.45. The van der Waals surface area contributed by atoms with Crippen molar-refractivity contribution in [3.63, 3.8) is 0 Å². The third kappa shape index (κ3) is 3.09. The Hall–Kier alpha value is -3.41. The number of furan rings is 1. The number of amides is 2. The molecule has 0 bridgehead atoms. The molecule has 0 fully saturated rings. The average molecular weight is 347 g/mol. The number of hydrogen-bond acceptors (Lipinski definition) is 4. The molecule has 0 saturated heterocycles. The molecule has 1 aromatic carbocycles. The molecule has 4 rings (SSSR count). The smallest absolute Gasteiger partial charge is 0.255 e. The molecule has 0 saturated carbocycles. The quantitative estimate of drug-likeness (QED) is 0.767. The molecule has 0 aliphatic carbocycles. The van der Waals surface area contributed by atoms with E-state index in [1.807, 2.05) is 24.3 Å². The first-order chi connectivity index (χ1) is 12.7. The van der Waals surface area contributed by atoms with Crippen LogP contribution in [0.25, 0.3) is 0 Å². The Kier molecular flexibility index (Phi) is 4.23. The highest BCUT2D eigenvalue weighted by molar-refractivity contribution is 5.99.